The molecule has 0 bridgehead atoms. The van der Waals surface area contributed by atoms with Crippen molar-refractivity contribution in [2.45, 2.75) is 77.4 Å². The maximum Gasteiger partial charge on any atom is 0.309 e. The summed E-state index contributed by atoms with van der Waals surface area (Å²) in [6.45, 7) is 4.56. The molecule has 0 radical (unpaired) electrons. The van der Waals surface area contributed by atoms with Crippen LogP contribution in [0.25, 0.3) is 0 Å². The van der Waals surface area contributed by atoms with E-state index < -0.39 is 6.10 Å². The highest BCUT2D eigenvalue weighted by molar-refractivity contribution is 5.74. The number of ether oxygens (including phenoxy) is 1. The van der Waals surface area contributed by atoms with E-state index in [0.717, 1.165) is 38.5 Å². The number of rotatable bonds is 1. The molecule has 4 saturated carbocycles. The van der Waals surface area contributed by atoms with Gasteiger partial charge in [0.2, 0.25) is 0 Å². The molecule has 142 valence electrons. The predicted molar refractivity (Wildman–Crippen MR) is 94.6 cm³/mol. The van der Waals surface area contributed by atoms with Crippen molar-refractivity contribution in [3.63, 3.8) is 0 Å². The highest BCUT2D eigenvalue weighted by Crippen LogP contribution is 2.67. The van der Waals surface area contributed by atoms with Gasteiger partial charge in [-0.25, -0.2) is 0 Å². The minimum atomic E-state index is -0.423. The van der Waals surface area contributed by atoms with Crippen LogP contribution in [0.15, 0.2) is 0 Å². The highest BCUT2D eigenvalue weighted by Gasteiger charge is 2.64. The van der Waals surface area contributed by atoms with Crippen LogP contribution in [0, 0.1) is 40.4 Å². The van der Waals surface area contributed by atoms with E-state index in [2.05, 4.69) is 13.8 Å². The second-order valence-electron chi connectivity index (χ2n) is 9.86. The molecule has 0 heterocycles. The molecule has 2 N–H and O–H groups in total. The number of aliphatic hydroxyl groups excluding tert-OH is 2. The Labute approximate surface area is 151 Å². The molecule has 4 fully saturated rings. The second kappa shape index (κ2) is 5.95. The Morgan fingerprint density at radius 1 is 1.00 bits per heavy atom. The summed E-state index contributed by atoms with van der Waals surface area (Å²) in [5.74, 6) is 1.87. The van der Waals surface area contributed by atoms with Crippen LogP contribution >= 0.6 is 0 Å². The zero-order chi connectivity index (χ0) is 18.0. The molecule has 0 saturated heterocycles. The van der Waals surface area contributed by atoms with Gasteiger partial charge in [0.1, 0.15) is 0 Å². The van der Waals surface area contributed by atoms with Crippen molar-refractivity contribution in [3.8, 4) is 0 Å². The van der Waals surface area contributed by atoms with Crippen LogP contribution in [0.2, 0.25) is 0 Å². The summed E-state index contributed by atoms with van der Waals surface area (Å²) in [5.41, 5.74) is -0.0839. The minimum absolute atomic E-state index is 0.136. The fourth-order valence-corrected chi connectivity index (χ4v) is 7.73. The van der Waals surface area contributed by atoms with Gasteiger partial charge in [0.25, 0.3) is 0 Å². The van der Waals surface area contributed by atoms with Gasteiger partial charge in [-0.15, -0.1) is 0 Å². The molecular formula is C21H34O4. The largest absolute Gasteiger partial charge is 0.469 e. The van der Waals surface area contributed by atoms with Crippen molar-refractivity contribution in [2.24, 2.45) is 40.4 Å². The van der Waals surface area contributed by atoms with E-state index in [1.165, 1.54) is 20.0 Å². The summed E-state index contributed by atoms with van der Waals surface area (Å²) in [4.78, 5) is 12.3. The van der Waals surface area contributed by atoms with Crippen molar-refractivity contribution in [1.82, 2.24) is 0 Å². The van der Waals surface area contributed by atoms with Gasteiger partial charge in [0.05, 0.1) is 25.2 Å². The topological polar surface area (TPSA) is 66.8 Å². The maximum absolute atomic E-state index is 12.3. The number of esters is 1. The normalized spacial score (nSPS) is 55.0. The zero-order valence-corrected chi connectivity index (χ0v) is 15.9. The number of methoxy groups -OCH3 is 1. The van der Waals surface area contributed by atoms with Crippen LogP contribution in [0.3, 0.4) is 0 Å². The van der Waals surface area contributed by atoms with E-state index in [1.807, 2.05) is 0 Å². The molecule has 4 aliphatic carbocycles. The number of carbonyl (C=O) groups is 1. The Bertz CT molecular complexity index is 548. The number of aliphatic hydroxyl groups is 2. The lowest BCUT2D eigenvalue weighted by Crippen LogP contribution is -2.59. The molecule has 0 aliphatic heterocycles. The smallest absolute Gasteiger partial charge is 0.309 e. The summed E-state index contributed by atoms with van der Waals surface area (Å²) in [6, 6.07) is 0. The monoisotopic (exact) mass is 350 g/mol. The molecule has 4 aliphatic rings. The van der Waals surface area contributed by atoms with E-state index in [0.29, 0.717) is 23.7 Å². The Hall–Kier alpha value is -0.610. The van der Waals surface area contributed by atoms with E-state index in [-0.39, 0.29) is 28.8 Å². The molecule has 0 aromatic carbocycles. The summed E-state index contributed by atoms with van der Waals surface area (Å²) in [5, 5.41) is 21.3. The van der Waals surface area contributed by atoms with Gasteiger partial charge >= 0.3 is 5.97 Å². The predicted octanol–water partition coefficient (Wildman–Crippen LogP) is 3.15. The first-order valence-corrected chi connectivity index (χ1v) is 10.3. The summed E-state index contributed by atoms with van der Waals surface area (Å²) < 4.78 is 5.07. The summed E-state index contributed by atoms with van der Waals surface area (Å²) in [7, 11) is 1.47. The molecule has 4 rings (SSSR count). The van der Waals surface area contributed by atoms with E-state index in [9.17, 15) is 15.0 Å². The van der Waals surface area contributed by atoms with Gasteiger partial charge in [-0.3, -0.25) is 4.79 Å². The van der Waals surface area contributed by atoms with Crippen molar-refractivity contribution >= 4 is 5.97 Å². The van der Waals surface area contributed by atoms with Crippen LogP contribution < -0.4 is 0 Å². The lowest BCUT2D eigenvalue weighted by Gasteiger charge is -2.62. The lowest BCUT2D eigenvalue weighted by molar-refractivity contribution is -0.182. The van der Waals surface area contributed by atoms with Crippen LogP contribution in [0.1, 0.15) is 65.2 Å². The molecule has 4 nitrogen and oxygen atoms in total. The summed E-state index contributed by atoms with van der Waals surface area (Å²) >= 11 is 0. The molecular weight excluding hydrogens is 316 g/mol. The first kappa shape index (κ1) is 17.8. The van der Waals surface area contributed by atoms with E-state index in [1.54, 1.807) is 0 Å². The van der Waals surface area contributed by atoms with Gasteiger partial charge < -0.3 is 14.9 Å². The fraction of sp³-hybridized carbons (Fsp3) is 0.952. The molecule has 4 heteroatoms. The van der Waals surface area contributed by atoms with Crippen molar-refractivity contribution in [1.29, 1.82) is 0 Å². The number of carbonyl (C=O) groups excluding carboxylic acids is 1. The Kier molecular flexibility index (Phi) is 4.23. The Balaban J connectivity index is 1.65. The van der Waals surface area contributed by atoms with Crippen molar-refractivity contribution in [2.75, 3.05) is 7.11 Å². The van der Waals surface area contributed by atoms with Gasteiger partial charge in [-0.2, -0.15) is 0 Å². The standard InChI is InChI=1S/C21H34O4/c1-20-9-8-13(22)10-12(20)4-5-14-15-6-7-16(19(24)25-3)21(15,2)18(23)11-17(14)20/h12-18,22-23H,4-11H2,1-3H3/t12-,13-,14+,15-,16+,17+,18+,20+,21-/m1/s1. The second-order valence-corrected chi connectivity index (χ2v) is 9.86. The maximum atomic E-state index is 12.3. The molecule has 0 unspecified atom stereocenters. The third-order valence-corrected chi connectivity index (χ3v) is 9.23. The number of fused-ring (bicyclic) bond motifs is 5. The van der Waals surface area contributed by atoms with Crippen LogP contribution in [0.4, 0.5) is 0 Å². The van der Waals surface area contributed by atoms with E-state index in [4.69, 9.17) is 4.74 Å². The van der Waals surface area contributed by atoms with Gasteiger partial charge in [0, 0.05) is 5.41 Å². The third kappa shape index (κ3) is 2.36. The molecule has 0 aromatic heterocycles. The summed E-state index contributed by atoms with van der Waals surface area (Å²) in [6.07, 6.45) is 7.45. The number of hydrogen-bond acceptors (Lipinski definition) is 4. The lowest BCUT2D eigenvalue weighted by atomic mass is 9.44. The Morgan fingerprint density at radius 3 is 2.48 bits per heavy atom. The quantitative estimate of drug-likeness (QED) is 0.713. The average Bonchev–Trinajstić information content (AvgIpc) is 2.95. The zero-order valence-electron chi connectivity index (χ0n) is 15.9. The van der Waals surface area contributed by atoms with Gasteiger partial charge in [0.15, 0.2) is 0 Å². The SMILES string of the molecule is COC(=O)[C@@H]1CC[C@@H]2[C@@H]3CC[C@@H]4C[C@H](O)CC[C@]4(C)[C@H]3C[C@H](O)[C@]21C. The molecule has 0 spiro atoms. The van der Waals surface area contributed by atoms with Crippen LogP contribution in [-0.2, 0) is 9.53 Å². The third-order valence-electron chi connectivity index (χ3n) is 9.23. The van der Waals surface area contributed by atoms with Gasteiger partial charge in [-0.1, -0.05) is 13.8 Å². The molecule has 25 heavy (non-hydrogen) atoms. The van der Waals surface area contributed by atoms with Crippen LogP contribution in [-0.4, -0.2) is 35.5 Å². The van der Waals surface area contributed by atoms with Crippen LogP contribution in [0.5, 0.6) is 0 Å². The van der Waals surface area contributed by atoms with Crippen molar-refractivity contribution < 1.29 is 19.7 Å². The van der Waals surface area contributed by atoms with Gasteiger partial charge in [-0.05, 0) is 80.5 Å². The first-order chi connectivity index (χ1) is 11.8. The molecule has 0 aromatic rings. The Morgan fingerprint density at radius 2 is 1.76 bits per heavy atom. The van der Waals surface area contributed by atoms with E-state index >= 15 is 0 Å². The van der Waals surface area contributed by atoms with Crippen molar-refractivity contribution in [3.05, 3.63) is 0 Å². The minimum Gasteiger partial charge on any atom is -0.469 e. The highest BCUT2D eigenvalue weighted by atomic mass is 16.5. The molecule has 0 amide bonds. The number of hydrogen-bond donors (Lipinski definition) is 2. The molecule has 9 atom stereocenters. The fourth-order valence-electron chi connectivity index (χ4n) is 7.73. The average molecular weight is 350 g/mol. The first-order valence-electron chi connectivity index (χ1n) is 10.3.